The number of halogens is 1. The molecule has 20 heavy (non-hydrogen) atoms. The topological polar surface area (TPSA) is 42.5 Å². The molecule has 0 atom stereocenters. The molecule has 0 N–H and O–H groups in total. The van der Waals surface area contributed by atoms with Gasteiger partial charge in [0.2, 0.25) is 0 Å². The number of hydrogen-bond donors (Lipinski definition) is 0. The molecule has 3 rings (SSSR count). The lowest BCUT2D eigenvalue weighted by Gasteiger charge is -2.03. The summed E-state index contributed by atoms with van der Waals surface area (Å²) in [5.74, 6) is 0.848. The van der Waals surface area contributed by atoms with Gasteiger partial charge in [0.25, 0.3) is 0 Å². The predicted molar refractivity (Wildman–Crippen MR) is 85.8 cm³/mol. The normalized spacial score (nSPS) is 14.3. The molecule has 0 aliphatic carbocycles. The van der Waals surface area contributed by atoms with Gasteiger partial charge in [-0.3, -0.25) is 9.67 Å². The van der Waals surface area contributed by atoms with Crippen molar-refractivity contribution < 1.29 is 0 Å². The van der Waals surface area contributed by atoms with Crippen molar-refractivity contribution in [3.8, 4) is 0 Å². The van der Waals surface area contributed by atoms with E-state index in [1.807, 2.05) is 43.8 Å². The smallest absolute Gasteiger partial charge is 0.160 e. The van der Waals surface area contributed by atoms with Crippen LogP contribution >= 0.6 is 23.4 Å². The second-order valence-electron chi connectivity index (χ2n) is 4.40. The van der Waals surface area contributed by atoms with E-state index in [2.05, 4.69) is 10.1 Å². The molecule has 2 heterocycles. The molecule has 0 radical (unpaired) electrons. The third-order valence-corrected chi connectivity index (χ3v) is 4.11. The fourth-order valence-electron chi connectivity index (χ4n) is 2.08. The highest BCUT2D eigenvalue weighted by atomic mass is 35.5. The summed E-state index contributed by atoms with van der Waals surface area (Å²) in [5.41, 5.74) is 2.95. The first kappa shape index (κ1) is 13.4. The third-order valence-electron chi connectivity index (χ3n) is 3.12. The van der Waals surface area contributed by atoms with Crippen LogP contribution < -0.4 is 0 Å². The van der Waals surface area contributed by atoms with Crippen LogP contribution in [0.3, 0.4) is 0 Å². The number of aliphatic imine (C=N–C) groups is 2. The monoisotopic (exact) mass is 304 g/mol. The first-order chi connectivity index (χ1) is 9.69. The Hall–Kier alpha value is -1.59. The summed E-state index contributed by atoms with van der Waals surface area (Å²) in [6.45, 7) is 0.562. The van der Waals surface area contributed by atoms with E-state index in [1.165, 1.54) is 0 Å². The molecule has 1 aliphatic rings. The Labute approximate surface area is 126 Å². The fraction of sp³-hybridized carbons (Fsp3) is 0.214. The molecule has 1 aliphatic heterocycles. The molecule has 0 fully saturated rings. The molecule has 1 aromatic carbocycles. The molecule has 102 valence electrons. The van der Waals surface area contributed by atoms with Gasteiger partial charge >= 0.3 is 0 Å². The van der Waals surface area contributed by atoms with Crippen LogP contribution in [0.25, 0.3) is 0 Å². The van der Waals surface area contributed by atoms with Crippen LogP contribution in [0.2, 0.25) is 5.02 Å². The van der Waals surface area contributed by atoms with Gasteiger partial charge in [0.05, 0.1) is 24.0 Å². The third kappa shape index (κ3) is 2.39. The van der Waals surface area contributed by atoms with Crippen LogP contribution in [0.4, 0.5) is 5.82 Å². The zero-order valence-corrected chi connectivity index (χ0v) is 12.7. The maximum atomic E-state index is 5.93. The number of aromatic nitrogens is 2. The predicted octanol–water partition coefficient (Wildman–Crippen LogP) is 3.32. The highest BCUT2D eigenvalue weighted by molar-refractivity contribution is 8.13. The first-order valence-electron chi connectivity index (χ1n) is 6.13. The molecule has 0 amide bonds. The van der Waals surface area contributed by atoms with Gasteiger partial charge < -0.3 is 0 Å². The maximum Gasteiger partial charge on any atom is 0.160 e. The van der Waals surface area contributed by atoms with E-state index >= 15 is 0 Å². The van der Waals surface area contributed by atoms with Crippen molar-refractivity contribution in [2.75, 3.05) is 12.8 Å². The van der Waals surface area contributed by atoms with Crippen molar-refractivity contribution in [1.29, 1.82) is 0 Å². The number of thioether (sulfide) groups is 1. The minimum Gasteiger partial charge on any atom is -0.271 e. The molecule has 4 nitrogen and oxygen atoms in total. The van der Waals surface area contributed by atoms with Crippen molar-refractivity contribution in [1.82, 2.24) is 9.78 Å². The molecule has 0 saturated heterocycles. The molecule has 6 heteroatoms. The van der Waals surface area contributed by atoms with Gasteiger partial charge in [0, 0.05) is 12.1 Å². The molecule has 0 saturated carbocycles. The number of rotatable bonds is 1. The Kier molecular flexibility index (Phi) is 3.63. The molecule has 1 aromatic heterocycles. The molecule has 2 aromatic rings. The fourth-order valence-corrected chi connectivity index (χ4v) is 2.77. The van der Waals surface area contributed by atoms with Gasteiger partial charge in [-0.2, -0.15) is 5.10 Å². The number of nitrogens with zero attached hydrogens (tertiary/aromatic N) is 4. The van der Waals surface area contributed by atoms with Crippen LogP contribution in [-0.4, -0.2) is 33.3 Å². The summed E-state index contributed by atoms with van der Waals surface area (Å²) in [6, 6.07) is 7.68. The Morgan fingerprint density at radius 1 is 1.25 bits per heavy atom. The van der Waals surface area contributed by atoms with Crippen LogP contribution in [0, 0.1) is 0 Å². The van der Waals surface area contributed by atoms with Gasteiger partial charge in [-0.15, -0.1) is 11.8 Å². The molecule has 0 spiro atoms. The summed E-state index contributed by atoms with van der Waals surface area (Å²) < 4.78 is 1.78. The standard InChI is InChI=1S/C14H13ClN4S/c1-19-13-11(7-17-19)14(20-2)16-8-12(18-13)9-3-5-10(15)6-4-9/h3-7H,8H2,1-2H3. The number of aryl methyl sites for hydroxylation is 1. The summed E-state index contributed by atoms with van der Waals surface area (Å²) in [5, 5.41) is 5.97. The molecular formula is C14H13ClN4S. The number of fused-ring (bicyclic) bond motifs is 1. The van der Waals surface area contributed by atoms with Crippen LogP contribution in [0.15, 0.2) is 40.4 Å². The lowest BCUT2D eigenvalue weighted by molar-refractivity contribution is 0.770. The van der Waals surface area contributed by atoms with Gasteiger partial charge in [0.1, 0.15) is 5.04 Å². The van der Waals surface area contributed by atoms with E-state index in [0.29, 0.717) is 6.54 Å². The lowest BCUT2D eigenvalue weighted by Crippen LogP contribution is -2.05. The Morgan fingerprint density at radius 2 is 2.00 bits per heavy atom. The van der Waals surface area contributed by atoms with Crippen molar-refractivity contribution in [3.63, 3.8) is 0 Å². The van der Waals surface area contributed by atoms with E-state index in [-0.39, 0.29) is 0 Å². The van der Waals surface area contributed by atoms with Crippen molar-refractivity contribution in [2.45, 2.75) is 0 Å². The minimum absolute atomic E-state index is 0.562. The maximum absolute atomic E-state index is 5.93. The summed E-state index contributed by atoms with van der Waals surface area (Å²) in [7, 11) is 1.89. The van der Waals surface area contributed by atoms with E-state index in [0.717, 1.165) is 32.7 Å². The largest absolute Gasteiger partial charge is 0.271 e. The second kappa shape index (κ2) is 5.42. The van der Waals surface area contributed by atoms with E-state index in [4.69, 9.17) is 16.6 Å². The van der Waals surface area contributed by atoms with Crippen LogP contribution in [0.5, 0.6) is 0 Å². The van der Waals surface area contributed by atoms with Crippen molar-refractivity contribution in [2.24, 2.45) is 17.0 Å². The van der Waals surface area contributed by atoms with E-state index < -0.39 is 0 Å². The first-order valence-corrected chi connectivity index (χ1v) is 7.73. The van der Waals surface area contributed by atoms with E-state index in [1.54, 1.807) is 16.4 Å². The van der Waals surface area contributed by atoms with Crippen LogP contribution in [-0.2, 0) is 7.05 Å². The highest BCUT2D eigenvalue weighted by Gasteiger charge is 2.18. The number of hydrogen-bond acceptors (Lipinski definition) is 4. The average molecular weight is 305 g/mol. The van der Waals surface area contributed by atoms with Gasteiger partial charge in [-0.05, 0) is 24.0 Å². The zero-order chi connectivity index (χ0) is 14.1. The second-order valence-corrected chi connectivity index (χ2v) is 5.63. The van der Waals surface area contributed by atoms with E-state index in [9.17, 15) is 0 Å². The summed E-state index contributed by atoms with van der Waals surface area (Å²) in [4.78, 5) is 9.38. The van der Waals surface area contributed by atoms with Gasteiger partial charge in [-0.1, -0.05) is 23.7 Å². The zero-order valence-electron chi connectivity index (χ0n) is 11.2. The summed E-state index contributed by atoms with van der Waals surface area (Å²) >= 11 is 7.55. The molecule has 0 unspecified atom stereocenters. The van der Waals surface area contributed by atoms with Crippen molar-refractivity contribution in [3.05, 3.63) is 46.6 Å². The SMILES string of the molecule is CSC1=NCC(c2ccc(Cl)cc2)=Nc2c1cnn2C. The highest BCUT2D eigenvalue weighted by Crippen LogP contribution is 2.26. The minimum atomic E-state index is 0.562. The quantitative estimate of drug-likeness (QED) is 0.811. The molecular weight excluding hydrogens is 292 g/mol. The lowest BCUT2D eigenvalue weighted by atomic mass is 10.1. The molecule has 0 bridgehead atoms. The van der Waals surface area contributed by atoms with Crippen LogP contribution in [0.1, 0.15) is 11.1 Å². The van der Waals surface area contributed by atoms with Gasteiger partial charge in [-0.25, -0.2) is 4.99 Å². The number of benzene rings is 1. The van der Waals surface area contributed by atoms with Gasteiger partial charge in [0.15, 0.2) is 5.82 Å². The Morgan fingerprint density at radius 3 is 2.70 bits per heavy atom. The van der Waals surface area contributed by atoms with Crippen molar-refractivity contribution >= 4 is 39.9 Å². The average Bonchev–Trinajstić information content (AvgIpc) is 2.72. The Bertz CT molecular complexity index is 700. The Balaban J connectivity index is 2.11. The summed E-state index contributed by atoms with van der Waals surface area (Å²) in [6.07, 6.45) is 3.84.